The van der Waals surface area contributed by atoms with Crippen molar-refractivity contribution in [2.45, 2.75) is 26.7 Å². The van der Waals surface area contributed by atoms with E-state index < -0.39 is 5.97 Å². The van der Waals surface area contributed by atoms with Gasteiger partial charge in [-0.1, -0.05) is 13.8 Å². The molecule has 0 amide bonds. The number of hydrogen-bond acceptors (Lipinski definition) is 4. The predicted octanol–water partition coefficient (Wildman–Crippen LogP) is 2.02. The molecule has 16 heavy (non-hydrogen) atoms. The molecule has 1 heterocycles. The molecule has 88 valence electrons. The highest BCUT2D eigenvalue weighted by atomic mass is 16.4. The molecule has 0 saturated heterocycles. The van der Waals surface area contributed by atoms with Gasteiger partial charge in [-0.05, 0) is 24.8 Å². The van der Waals surface area contributed by atoms with E-state index in [2.05, 4.69) is 29.4 Å². The summed E-state index contributed by atoms with van der Waals surface area (Å²) in [4.78, 5) is 10.9. The van der Waals surface area contributed by atoms with Gasteiger partial charge in [0.15, 0.2) is 5.82 Å². The first-order valence-electron chi connectivity index (χ1n) is 5.40. The summed E-state index contributed by atoms with van der Waals surface area (Å²) >= 11 is 0. The minimum absolute atomic E-state index is 0.166. The van der Waals surface area contributed by atoms with Crippen molar-refractivity contribution in [2.75, 3.05) is 11.9 Å². The second kappa shape index (κ2) is 6.05. The van der Waals surface area contributed by atoms with Crippen LogP contribution in [0.4, 0.5) is 5.82 Å². The van der Waals surface area contributed by atoms with Gasteiger partial charge < -0.3 is 10.4 Å². The lowest BCUT2D eigenvalue weighted by molar-refractivity contribution is 0.0697. The molecule has 0 saturated carbocycles. The van der Waals surface area contributed by atoms with Gasteiger partial charge in [-0.2, -0.15) is 5.10 Å². The second-order valence-corrected chi connectivity index (χ2v) is 4.06. The van der Waals surface area contributed by atoms with Crippen LogP contribution in [0.5, 0.6) is 0 Å². The minimum atomic E-state index is -0.985. The molecule has 1 rings (SSSR count). The normalized spacial score (nSPS) is 10.4. The van der Waals surface area contributed by atoms with E-state index in [1.165, 1.54) is 12.3 Å². The lowest BCUT2D eigenvalue weighted by atomic mass is 10.1. The Kier molecular flexibility index (Phi) is 4.69. The molecule has 5 heteroatoms. The molecule has 0 unspecified atom stereocenters. The molecule has 0 atom stereocenters. The lowest BCUT2D eigenvalue weighted by Crippen LogP contribution is -2.10. The van der Waals surface area contributed by atoms with Gasteiger partial charge >= 0.3 is 5.97 Å². The van der Waals surface area contributed by atoms with E-state index in [9.17, 15) is 4.79 Å². The van der Waals surface area contributed by atoms with E-state index in [0.29, 0.717) is 11.7 Å². The van der Waals surface area contributed by atoms with Crippen LogP contribution in [0.1, 0.15) is 37.0 Å². The zero-order valence-electron chi connectivity index (χ0n) is 9.60. The number of nitrogens with zero attached hydrogens (tertiary/aromatic N) is 2. The van der Waals surface area contributed by atoms with Gasteiger partial charge in [0, 0.05) is 6.54 Å². The van der Waals surface area contributed by atoms with E-state index in [0.717, 1.165) is 19.4 Å². The van der Waals surface area contributed by atoms with Crippen molar-refractivity contribution in [3.8, 4) is 0 Å². The van der Waals surface area contributed by atoms with Gasteiger partial charge in [0.25, 0.3) is 0 Å². The van der Waals surface area contributed by atoms with Gasteiger partial charge in [0.05, 0.1) is 6.20 Å². The first-order valence-corrected chi connectivity index (χ1v) is 5.40. The molecule has 0 aliphatic carbocycles. The molecule has 0 spiro atoms. The van der Waals surface area contributed by atoms with Crippen LogP contribution in [-0.4, -0.2) is 27.8 Å². The molecule has 0 fully saturated rings. The van der Waals surface area contributed by atoms with Crippen molar-refractivity contribution in [1.29, 1.82) is 0 Å². The smallest absolute Gasteiger partial charge is 0.339 e. The Morgan fingerprint density at radius 3 is 2.94 bits per heavy atom. The molecule has 0 aliphatic heterocycles. The van der Waals surface area contributed by atoms with E-state index in [1.54, 1.807) is 0 Å². The second-order valence-electron chi connectivity index (χ2n) is 4.06. The average molecular weight is 223 g/mol. The number of rotatable bonds is 6. The molecule has 0 aliphatic rings. The molecule has 5 nitrogen and oxygen atoms in total. The van der Waals surface area contributed by atoms with Crippen LogP contribution in [0, 0.1) is 5.92 Å². The Morgan fingerprint density at radius 2 is 2.31 bits per heavy atom. The summed E-state index contributed by atoms with van der Waals surface area (Å²) in [5.74, 6) is 0.0163. The van der Waals surface area contributed by atoms with Crippen LogP contribution >= 0.6 is 0 Å². The first-order chi connectivity index (χ1) is 7.61. The molecular weight excluding hydrogens is 206 g/mol. The van der Waals surface area contributed by atoms with Crippen molar-refractivity contribution in [1.82, 2.24) is 10.2 Å². The van der Waals surface area contributed by atoms with Gasteiger partial charge in [-0.25, -0.2) is 4.79 Å². The highest BCUT2D eigenvalue weighted by Crippen LogP contribution is 2.10. The summed E-state index contributed by atoms with van der Waals surface area (Å²) in [6.07, 6.45) is 3.48. The minimum Gasteiger partial charge on any atom is -0.478 e. The summed E-state index contributed by atoms with van der Waals surface area (Å²) < 4.78 is 0. The maximum absolute atomic E-state index is 10.9. The standard InChI is InChI=1S/C11H17N3O2/c1-8(2)4-3-6-12-10-9(11(15)16)5-7-13-14-10/h5,7-8H,3-4,6H2,1-2H3,(H,12,14)(H,15,16). The molecular formula is C11H17N3O2. The van der Waals surface area contributed by atoms with Gasteiger partial charge in [0.1, 0.15) is 5.56 Å². The summed E-state index contributed by atoms with van der Waals surface area (Å²) in [7, 11) is 0. The molecule has 1 aromatic rings. The zero-order valence-corrected chi connectivity index (χ0v) is 9.60. The molecule has 0 radical (unpaired) electrons. The maximum atomic E-state index is 10.9. The summed E-state index contributed by atoms with van der Waals surface area (Å²) in [6, 6.07) is 1.44. The summed E-state index contributed by atoms with van der Waals surface area (Å²) in [5.41, 5.74) is 0.166. The van der Waals surface area contributed by atoms with E-state index in [1.807, 2.05) is 0 Å². The number of carboxylic acids is 1. The SMILES string of the molecule is CC(C)CCCNc1nnccc1C(=O)O. The number of hydrogen-bond donors (Lipinski definition) is 2. The third-order valence-corrected chi connectivity index (χ3v) is 2.20. The summed E-state index contributed by atoms with van der Waals surface area (Å²) in [6.45, 7) is 5.03. The highest BCUT2D eigenvalue weighted by Gasteiger charge is 2.10. The largest absolute Gasteiger partial charge is 0.478 e. The van der Waals surface area contributed by atoms with Crippen molar-refractivity contribution >= 4 is 11.8 Å². The Balaban J connectivity index is 2.50. The summed E-state index contributed by atoms with van der Waals surface area (Å²) in [5, 5.41) is 19.3. The van der Waals surface area contributed by atoms with Crippen molar-refractivity contribution in [3.63, 3.8) is 0 Å². The van der Waals surface area contributed by atoms with Crippen molar-refractivity contribution in [3.05, 3.63) is 17.8 Å². The van der Waals surface area contributed by atoms with Gasteiger partial charge in [0.2, 0.25) is 0 Å². The number of aromatic carboxylic acids is 1. The van der Waals surface area contributed by atoms with Crippen LogP contribution in [-0.2, 0) is 0 Å². The number of nitrogens with one attached hydrogen (secondary N) is 1. The fourth-order valence-electron chi connectivity index (χ4n) is 1.35. The average Bonchev–Trinajstić information content (AvgIpc) is 2.24. The number of carbonyl (C=O) groups is 1. The Labute approximate surface area is 94.9 Å². The molecule has 1 aromatic heterocycles. The van der Waals surface area contributed by atoms with Crippen molar-refractivity contribution in [2.24, 2.45) is 5.92 Å². The Hall–Kier alpha value is -1.65. The van der Waals surface area contributed by atoms with Crippen LogP contribution < -0.4 is 5.32 Å². The van der Waals surface area contributed by atoms with E-state index >= 15 is 0 Å². The van der Waals surface area contributed by atoms with Crippen LogP contribution in [0.2, 0.25) is 0 Å². The monoisotopic (exact) mass is 223 g/mol. The topological polar surface area (TPSA) is 75.1 Å². The first kappa shape index (κ1) is 12.4. The van der Waals surface area contributed by atoms with Crippen LogP contribution in [0.3, 0.4) is 0 Å². The third-order valence-electron chi connectivity index (χ3n) is 2.20. The quantitative estimate of drug-likeness (QED) is 0.722. The molecule has 0 bridgehead atoms. The van der Waals surface area contributed by atoms with Crippen molar-refractivity contribution < 1.29 is 9.90 Å². The Morgan fingerprint density at radius 1 is 1.56 bits per heavy atom. The van der Waals surface area contributed by atoms with E-state index in [4.69, 9.17) is 5.11 Å². The van der Waals surface area contributed by atoms with Gasteiger partial charge in [-0.3, -0.25) is 0 Å². The van der Waals surface area contributed by atoms with Crippen LogP contribution in [0.25, 0.3) is 0 Å². The fourth-order valence-corrected chi connectivity index (χ4v) is 1.35. The predicted molar refractivity (Wildman–Crippen MR) is 61.6 cm³/mol. The Bertz CT molecular complexity index is 353. The maximum Gasteiger partial charge on any atom is 0.339 e. The molecule has 0 aromatic carbocycles. The molecule has 2 N–H and O–H groups in total. The third kappa shape index (κ3) is 3.84. The number of anilines is 1. The lowest BCUT2D eigenvalue weighted by Gasteiger charge is -2.08. The van der Waals surface area contributed by atoms with Gasteiger partial charge in [-0.15, -0.1) is 5.10 Å². The zero-order chi connectivity index (χ0) is 12.0. The number of aromatic nitrogens is 2. The fraction of sp³-hybridized carbons (Fsp3) is 0.545. The van der Waals surface area contributed by atoms with E-state index in [-0.39, 0.29) is 5.56 Å². The number of carboxylic acid groups (broad SMARTS) is 1. The highest BCUT2D eigenvalue weighted by molar-refractivity contribution is 5.92. The van der Waals surface area contributed by atoms with Crippen LogP contribution in [0.15, 0.2) is 12.3 Å².